The molecule has 0 aromatic rings. The molecule has 0 heterocycles. The third-order valence-electron chi connectivity index (χ3n) is 2.32. The van der Waals surface area contributed by atoms with E-state index >= 15 is 0 Å². The molecule has 2 aliphatic carbocycles. The summed E-state index contributed by atoms with van der Waals surface area (Å²) in [6, 6.07) is 0. The molecule has 0 radical (unpaired) electrons. The average molecular weight is 162 g/mol. The maximum absolute atomic E-state index is 10.5. The Hall–Kier alpha value is -0.0900. The summed E-state index contributed by atoms with van der Waals surface area (Å²) in [6.07, 6.45) is 2.40. The molecule has 0 spiro atoms. The maximum atomic E-state index is 10.5. The predicted molar refractivity (Wildman–Crippen MR) is 35.9 cm³/mol. The van der Waals surface area contributed by atoms with Crippen molar-refractivity contribution >= 4 is 10.1 Å². The summed E-state index contributed by atoms with van der Waals surface area (Å²) in [4.78, 5) is 0. The second-order valence-electron chi connectivity index (χ2n) is 3.22. The van der Waals surface area contributed by atoms with Gasteiger partial charge in [0.25, 0.3) is 10.1 Å². The monoisotopic (exact) mass is 162 g/mol. The Labute approximate surface area is 60.5 Å². The SMILES string of the molecule is CS(=O)(=O)OCC1[C@H]2C[C@@H]12. The molecule has 3 nitrogen and oxygen atoms in total. The van der Waals surface area contributed by atoms with Crippen molar-refractivity contribution in [1.29, 1.82) is 0 Å². The van der Waals surface area contributed by atoms with Crippen molar-refractivity contribution in [2.24, 2.45) is 17.8 Å². The van der Waals surface area contributed by atoms with Gasteiger partial charge < -0.3 is 0 Å². The zero-order valence-corrected chi connectivity index (χ0v) is 6.60. The van der Waals surface area contributed by atoms with E-state index in [1.165, 1.54) is 6.42 Å². The number of fused-ring (bicyclic) bond motifs is 1. The van der Waals surface area contributed by atoms with Crippen LogP contribution in [-0.4, -0.2) is 21.3 Å². The van der Waals surface area contributed by atoms with Crippen molar-refractivity contribution in [2.75, 3.05) is 12.9 Å². The minimum atomic E-state index is -3.18. The van der Waals surface area contributed by atoms with Crippen molar-refractivity contribution in [3.05, 3.63) is 0 Å². The molecule has 0 aromatic heterocycles. The molecule has 58 valence electrons. The highest BCUT2D eigenvalue weighted by atomic mass is 32.2. The van der Waals surface area contributed by atoms with Crippen LogP contribution in [0.4, 0.5) is 0 Å². The van der Waals surface area contributed by atoms with E-state index < -0.39 is 10.1 Å². The lowest BCUT2D eigenvalue weighted by Crippen LogP contribution is -2.08. The van der Waals surface area contributed by atoms with E-state index in [1.807, 2.05) is 0 Å². The van der Waals surface area contributed by atoms with Gasteiger partial charge in [0.2, 0.25) is 0 Å². The van der Waals surface area contributed by atoms with Gasteiger partial charge in [0.1, 0.15) is 0 Å². The van der Waals surface area contributed by atoms with Gasteiger partial charge >= 0.3 is 0 Å². The highest BCUT2D eigenvalue weighted by molar-refractivity contribution is 7.85. The summed E-state index contributed by atoms with van der Waals surface area (Å²) in [7, 11) is -3.18. The van der Waals surface area contributed by atoms with Gasteiger partial charge in [0.15, 0.2) is 0 Å². The van der Waals surface area contributed by atoms with Gasteiger partial charge in [-0.2, -0.15) is 8.42 Å². The fourth-order valence-electron chi connectivity index (χ4n) is 1.36. The quantitative estimate of drug-likeness (QED) is 0.558. The lowest BCUT2D eigenvalue weighted by molar-refractivity contribution is 0.279. The number of hydrogen-bond donors (Lipinski definition) is 0. The molecule has 0 aromatic carbocycles. The molecule has 0 saturated heterocycles. The highest BCUT2D eigenvalue weighted by Crippen LogP contribution is 2.68. The normalized spacial score (nSPS) is 42.7. The molecule has 10 heavy (non-hydrogen) atoms. The van der Waals surface area contributed by atoms with Crippen molar-refractivity contribution in [3.8, 4) is 0 Å². The molecular formula is C6H10O3S. The Morgan fingerprint density at radius 2 is 2.10 bits per heavy atom. The first kappa shape index (κ1) is 6.61. The summed E-state index contributed by atoms with van der Waals surface area (Å²) in [6.45, 7) is 0.425. The van der Waals surface area contributed by atoms with Crippen molar-refractivity contribution in [1.82, 2.24) is 0 Å². The molecule has 2 saturated carbocycles. The molecule has 3 atom stereocenters. The fraction of sp³-hybridized carbons (Fsp3) is 1.00. The zero-order valence-electron chi connectivity index (χ0n) is 5.78. The highest BCUT2D eigenvalue weighted by Gasteiger charge is 2.64. The van der Waals surface area contributed by atoms with Gasteiger partial charge in [0.05, 0.1) is 12.9 Å². The van der Waals surface area contributed by atoms with Crippen LogP contribution in [0.3, 0.4) is 0 Å². The fourth-order valence-corrected chi connectivity index (χ4v) is 1.77. The summed E-state index contributed by atoms with van der Waals surface area (Å²) in [5.74, 6) is 2.22. The minimum absolute atomic E-state index is 0.425. The molecule has 2 aliphatic rings. The van der Waals surface area contributed by atoms with E-state index in [4.69, 9.17) is 0 Å². The lowest BCUT2D eigenvalue weighted by atomic mass is 10.2. The molecule has 0 aliphatic heterocycles. The summed E-state index contributed by atoms with van der Waals surface area (Å²) >= 11 is 0. The molecule has 2 rings (SSSR count). The summed E-state index contributed by atoms with van der Waals surface area (Å²) in [5.41, 5.74) is 0. The van der Waals surface area contributed by atoms with Gasteiger partial charge in [-0.3, -0.25) is 4.18 Å². The van der Waals surface area contributed by atoms with Crippen molar-refractivity contribution in [3.63, 3.8) is 0 Å². The van der Waals surface area contributed by atoms with Crippen molar-refractivity contribution in [2.45, 2.75) is 6.42 Å². The summed E-state index contributed by atoms with van der Waals surface area (Å²) < 4.78 is 25.6. The Bertz CT molecular complexity index is 236. The van der Waals surface area contributed by atoms with Crippen LogP contribution < -0.4 is 0 Å². The van der Waals surface area contributed by atoms with Gasteiger partial charge in [-0.1, -0.05) is 0 Å². The Morgan fingerprint density at radius 1 is 1.50 bits per heavy atom. The van der Waals surface area contributed by atoms with Gasteiger partial charge in [-0.25, -0.2) is 0 Å². The molecule has 0 bridgehead atoms. The number of hydrogen-bond acceptors (Lipinski definition) is 3. The van der Waals surface area contributed by atoms with Gasteiger partial charge in [-0.05, 0) is 24.2 Å². The Morgan fingerprint density at radius 3 is 2.40 bits per heavy atom. The third-order valence-corrected chi connectivity index (χ3v) is 2.89. The first-order chi connectivity index (χ1) is 4.58. The molecule has 4 heteroatoms. The standard InChI is InChI=1S/C6H10O3S/c1-10(7,8)9-3-6-4-2-5(4)6/h4-6H,2-3H2,1H3/t4-,5+,6?. The Balaban J connectivity index is 1.73. The number of rotatable bonds is 3. The van der Waals surface area contributed by atoms with Crippen LogP contribution in [0.1, 0.15) is 6.42 Å². The van der Waals surface area contributed by atoms with E-state index in [1.54, 1.807) is 0 Å². The van der Waals surface area contributed by atoms with E-state index in [9.17, 15) is 8.42 Å². The topological polar surface area (TPSA) is 43.4 Å². The van der Waals surface area contributed by atoms with Crippen LogP contribution in [0.2, 0.25) is 0 Å². The molecule has 0 amide bonds. The minimum Gasteiger partial charge on any atom is -0.270 e. The Kier molecular flexibility index (Phi) is 1.15. The van der Waals surface area contributed by atoms with Gasteiger partial charge in [-0.15, -0.1) is 0 Å². The van der Waals surface area contributed by atoms with E-state index in [0.29, 0.717) is 12.5 Å². The van der Waals surface area contributed by atoms with E-state index in [0.717, 1.165) is 18.1 Å². The molecule has 0 N–H and O–H groups in total. The van der Waals surface area contributed by atoms with E-state index in [-0.39, 0.29) is 0 Å². The lowest BCUT2D eigenvalue weighted by Gasteiger charge is -2.01. The van der Waals surface area contributed by atoms with E-state index in [2.05, 4.69) is 4.18 Å². The zero-order chi connectivity index (χ0) is 7.35. The van der Waals surface area contributed by atoms with Crippen LogP contribution in [0, 0.1) is 17.8 Å². The van der Waals surface area contributed by atoms with Crippen molar-refractivity contribution < 1.29 is 12.6 Å². The first-order valence-corrected chi connectivity index (χ1v) is 5.24. The van der Waals surface area contributed by atoms with Crippen LogP contribution in [-0.2, 0) is 14.3 Å². The maximum Gasteiger partial charge on any atom is 0.264 e. The first-order valence-electron chi connectivity index (χ1n) is 3.42. The van der Waals surface area contributed by atoms with Gasteiger partial charge in [0, 0.05) is 0 Å². The molecule has 2 fully saturated rings. The van der Waals surface area contributed by atoms with Crippen LogP contribution in [0.25, 0.3) is 0 Å². The third kappa shape index (κ3) is 1.18. The predicted octanol–water partition coefficient (Wildman–Crippen LogP) is 0.228. The van der Waals surface area contributed by atoms with Crippen LogP contribution in [0.5, 0.6) is 0 Å². The molecule has 1 unspecified atom stereocenters. The average Bonchev–Trinajstić information content (AvgIpc) is 2.42. The summed E-state index contributed by atoms with van der Waals surface area (Å²) in [5, 5.41) is 0. The largest absolute Gasteiger partial charge is 0.270 e. The van der Waals surface area contributed by atoms with Crippen LogP contribution in [0.15, 0.2) is 0 Å². The smallest absolute Gasteiger partial charge is 0.264 e. The second kappa shape index (κ2) is 1.74. The van der Waals surface area contributed by atoms with Crippen LogP contribution >= 0.6 is 0 Å². The molecular weight excluding hydrogens is 152 g/mol. The second-order valence-corrected chi connectivity index (χ2v) is 4.86.